The molecular weight excluding hydrogens is 294 g/mol. The van der Waals surface area contributed by atoms with Crippen molar-refractivity contribution in [1.29, 1.82) is 0 Å². The molecule has 0 bridgehead atoms. The molecule has 0 fully saturated rings. The molecule has 2 rings (SSSR count). The molecule has 1 aromatic carbocycles. The molecule has 94 valence electrons. The molecular formula is C14H14BrNO2. The molecule has 18 heavy (non-hydrogen) atoms. The molecule has 2 aromatic rings. The van der Waals surface area contributed by atoms with Crippen LogP contribution in [0, 0.1) is 0 Å². The van der Waals surface area contributed by atoms with Crippen molar-refractivity contribution >= 4 is 21.9 Å². The minimum Gasteiger partial charge on any atom is -0.464 e. The van der Waals surface area contributed by atoms with Crippen LogP contribution in [0.5, 0.6) is 0 Å². The van der Waals surface area contributed by atoms with E-state index in [1.54, 1.807) is 0 Å². The van der Waals surface area contributed by atoms with Crippen LogP contribution in [-0.4, -0.2) is 17.6 Å². The predicted octanol–water partition coefficient (Wildman–Crippen LogP) is 3.72. The first-order valence-electron chi connectivity index (χ1n) is 5.70. The fourth-order valence-corrected chi connectivity index (χ4v) is 2.27. The van der Waals surface area contributed by atoms with E-state index in [4.69, 9.17) is 4.74 Å². The van der Waals surface area contributed by atoms with Crippen LogP contribution >= 0.6 is 15.9 Å². The zero-order valence-electron chi connectivity index (χ0n) is 10.3. The van der Waals surface area contributed by atoms with Crippen molar-refractivity contribution in [3.63, 3.8) is 0 Å². The van der Waals surface area contributed by atoms with Crippen LogP contribution in [0.1, 0.15) is 17.4 Å². The maximum absolute atomic E-state index is 11.7. The van der Waals surface area contributed by atoms with E-state index in [-0.39, 0.29) is 5.97 Å². The number of halogens is 1. The number of aromatic nitrogens is 1. The minimum absolute atomic E-state index is 0.307. The molecule has 0 saturated carbocycles. The van der Waals surface area contributed by atoms with Crippen LogP contribution in [0.4, 0.5) is 0 Å². The van der Waals surface area contributed by atoms with E-state index in [2.05, 4.69) is 15.9 Å². The van der Waals surface area contributed by atoms with Crippen LogP contribution in [0.15, 0.2) is 41.0 Å². The van der Waals surface area contributed by atoms with Crippen molar-refractivity contribution in [2.45, 2.75) is 13.5 Å². The first-order valence-corrected chi connectivity index (χ1v) is 6.49. The average molecular weight is 308 g/mol. The van der Waals surface area contributed by atoms with Gasteiger partial charge in [0.15, 0.2) is 0 Å². The molecule has 0 saturated heterocycles. The Morgan fingerprint density at radius 2 is 2.11 bits per heavy atom. The summed E-state index contributed by atoms with van der Waals surface area (Å²) in [5.41, 5.74) is 2.66. The third-order valence-corrected chi connectivity index (χ3v) is 3.28. The third-order valence-electron chi connectivity index (χ3n) is 2.79. The highest BCUT2D eigenvalue weighted by Gasteiger charge is 2.14. The van der Waals surface area contributed by atoms with Crippen LogP contribution in [-0.2, 0) is 11.3 Å². The van der Waals surface area contributed by atoms with Gasteiger partial charge in [0.25, 0.3) is 0 Å². The van der Waals surface area contributed by atoms with Crippen molar-refractivity contribution in [1.82, 2.24) is 4.57 Å². The highest BCUT2D eigenvalue weighted by atomic mass is 79.9. The molecule has 0 N–H and O–H groups in total. The van der Waals surface area contributed by atoms with Gasteiger partial charge in [-0.15, -0.1) is 0 Å². The number of carbonyl (C=O) groups is 1. The molecule has 0 spiro atoms. The quantitative estimate of drug-likeness (QED) is 0.809. The Kier molecular flexibility index (Phi) is 3.87. The van der Waals surface area contributed by atoms with Gasteiger partial charge in [0.1, 0.15) is 5.69 Å². The molecule has 1 aromatic heterocycles. The summed E-state index contributed by atoms with van der Waals surface area (Å²) in [5, 5.41) is 0. The zero-order chi connectivity index (χ0) is 13.1. The van der Waals surface area contributed by atoms with Crippen molar-refractivity contribution < 1.29 is 9.53 Å². The summed E-state index contributed by atoms with van der Waals surface area (Å²) in [6.07, 6.45) is 1.97. The molecule has 0 amide bonds. The van der Waals surface area contributed by atoms with E-state index in [9.17, 15) is 4.79 Å². The van der Waals surface area contributed by atoms with Crippen LogP contribution in [0.2, 0.25) is 0 Å². The molecule has 0 aliphatic heterocycles. The van der Waals surface area contributed by atoms with Gasteiger partial charge < -0.3 is 9.30 Å². The van der Waals surface area contributed by atoms with Crippen molar-refractivity contribution in [2.24, 2.45) is 0 Å². The standard InChI is InChI=1S/C14H14BrNO2/c1-3-16-9-11(8-13(16)14(17)18-2)10-5-4-6-12(15)7-10/h4-9H,3H2,1-2H3. The number of nitrogens with zero attached hydrogens (tertiary/aromatic N) is 1. The second-order valence-electron chi connectivity index (χ2n) is 3.90. The van der Waals surface area contributed by atoms with Crippen LogP contribution in [0.3, 0.4) is 0 Å². The number of methoxy groups -OCH3 is 1. The Bertz CT molecular complexity index is 575. The summed E-state index contributed by atoms with van der Waals surface area (Å²) < 4.78 is 7.69. The number of aryl methyl sites for hydroxylation is 1. The lowest BCUT2D eigenvalue weighted by Gasteiger charge is -2.02. The minimum atomic E-state index is -0.307. The zero-order valence-corrected chi connectivity index (χ0v) is 11.9. The molecule has 0 atom stereocenters. The first-order chi connectivity index (χ1) is 8.65. The number of esters is 1. The van der Waals surface area contributed by atoms with Gasteiger partial charge in [-0.3, -0.25) is 0 Å². The number of hydrogen-bond acceptors (Lipinski definition) is 2. The summed E-state index contributed by atoms with van der Waals surface area (Å²) in [5.74, 6) is -0.307. The van der Waals surface area contributed by atoms with E-state index in [0.717, 1.165) is 22.1 Å². The fourth-order valence-electron chi connectivity index (χ4n) is 1.87. The SMILES string of the molecule is CCn1cc(-c2cccc(Br)c2)cc1C(=O)OC. The fraction of sp³-hybridized carbons (Fsp3) is 0.214. The Morgan fingerprint density at radius 1 is 1.33 bits per heavy atom. The van der Waals surface area contributed by atoms with Gasteiger partial charge in [-0.25, -0.2) is 4.79 Å². The lowest BCUT2D eigenvalue weighted by atomic mass is 10.1. The topological polar surface area (TPSA) is 31.2 Å². The number of rotatable bonds is 3. The van der Waals surface area contributed by atoms with Gasteiger partial charge >= 0.3 is 5.97 Å². The summed E-state index contributed by atoms with van der Waals surface area (Å²) in [4.78, 5) is 11.7. The van der Waals surface area contributed by atoms with E-state index >= 15 is 0 Å². The highest BCUT2D eigenvalue weighted by Crippen LogP contribution is 2.25. The molecule has 0 radical (unpaired) electrons. The second-order valence-corrected chi connectivity index (χ2v) is 4.82. The van der Waals surface area contributed by atoms with Crippen molar-refractivity contribution in [3.8, 4) is 11.1 Å². The summed E-state index contributed by atoms with van der Waals surface area (Å²) in [7, 11) is 1.40. The smallest absolute Gasteiger partial charge is 0.354 e. The Morgan fingerprint density at radius 3 is 2.72 bits per heavy atom. The van der Waals surface area contributed by atoms with Gasteiger partial charge in [-0.05, 0) is 30.7 Å². The summed E-state index contributed by atoms with van der Waals surface area (Å²) in [6, 6.07) is 9.84. The molecule has 4 heteroatoms. The van der Waals surface area contributed by atoms with Crippen molar-refractivity contribution in [3.05, 3.63) is 46.7 Å². The average Bonchev–Trinajstić information content (AvgIpc) is 2.82. The van der Waals surface area contributed by atoms with Gasteiger partial charge in [-0.1, -0.05) is 28.1 Å². The third kappa shape index (κ3) is 2.48. The van der Waals surface area contributed by atoms with E-state index in [1.807, 2.05) is 48.0 Å². The van der Waals surface area contributed by atoms with E-state index in [1.165, 1.54) is 7.11 Å². The normalized spacial score (nSPS) is 10.4. The second kappa shape index (κ2) is 5.40. The van der Waals surface area contributed by atoms with Crippen molar-refractivity contribution in [2.75, 3.05) is 7.11 Å². The number of ether oxygens (including phenoxy) is 1. The number of hydrogen-bond donors (Lipinski definition) is 0. The van der Waals surface area contributed by atoms with E-state index < -0.39 is 0 Å². The molecule has 1 heterocycles. The Labute approximate surface area is 115 Å². The van der Waals surface area contributed by atoms with Gasteiger partial charge in [0, 0.05) is 22.8 Å². The monoisotopic (exact) mass is 307 g/mol. The molecule has 3 nitrogen and oxygen atoms in total. The lowest BCUT2D eigenvalue weighted by molar-refractivity contribution is 0.0588. The Hall–Kier alpha value is -1.55. The largest absolute Gasteiger partial charge is 0.464 e. The van der Waals surface area contributed by atoms with Gasteiger partial charge in [-0.2, -0.15) is 0 Å². The summed E-state index contributed by atoms with van der Waals surface area (Å²) in [6.45, 7) is 2.73. The van der Waals surface area contributed by atoms with Gasteiger partial charge in [0.2, 0.25) is 0 Å². The van der Waals surface area contributed by atoms with E-state index in [0.29, 0.717) is 5.69 Å². The number of benzene rings is 1. The number of carbonyl (C=O) groups excluding carboxylic acids is 1. The molecule has 0 unspecified atom stereocenters. The first kappa shape index (κ1) is 12.9. The lowest BCUT2D eigenvalue weighted by Crippen LogP contribution is -2.08. The van der Waals surface area contributed by atoms with Crippen LogP contribution < -0.4 is 0 Å². The predicted molar refractivity (Wildman–Crippen MR) is 74.6 cm³/mol. The Balaban J connectivity index is 2.47. The molecule has 0 aliphatic rings. The van der Waals surface area contributed by atoms with Gasteiger partial charge in [0.05, 0.1) is 7.11 Å². The summed E-state index contributed by atoms with van der Waals surface area (Å²) >= 11 is 3.45. The maximum Gasteiger partial charge on any atom is 0.354 e. The maximum atomic E-state index is 11.7. The molecule has 0 aliphatic carbocycles. The van der Waals surface area contributed by atoms with Crippen LogP contribution in [0.25, 0.3) is 11.1 Å². The highest BCUT2D eigenvalue weighted by molar-refractivity contribution is 9.10.